The Kier molecular flexibility index (Phi) is 6.11. The average molecular weight is 275 g/mol. The van der Waals surface area contributed by atoms with Crippen molar-refractivity contribution in [2.45, 2.75) is 19.8 Å². The van der Waals surface area contributed by atoms with Crippen LogP contribution in [0.4, 0.5) is 0 Å². The molecule has 1 rings (SSSR count). The molecule has 0 fully saturated rings. The summed E-state index contributed by atoms with van der Waals surface area (Å²) in [6.45, 7) is 2.58. The Morgan fingerprint density at radius 3 is 2.80 bits per heavy atom. The molecule has 1 aromatic rings. The van der Waals surface area contributed by atoms with E-state index in [1.807, 2.05) is 6.92 Å². The van der Waals surface area contributed by atoms with Gasteiger partial charge in [-0.2, -0.15) is 5.26 Å². The highest BCUT2D eigenvalue weighted by atomic mass is 16.5. The standard InChI is InChI=1S/C15H17NO4/c1-3-4-7-20-14-9-13(19-2)6-5-11(14)8-12(10-16)15(17)18/h5-6,8-9H,3-4,7H2,1-2H3,(H,17,18). The van der Waals surface area contributed by atoms with E-state index < -0.39 is 5.97 Å². The quantitative estimate of drug-likeness (QED) is 0.470. The molecular formula is C15H17NO4. The van der Waals surface area contributed by atoms with Gasteiger partial charge in [0.1, 0.15) is 23.1 Å². The second-order valence-electron chi connectivity index (χ2n) is 4.08. The van der Waals surface area contributed by atoms with Gasteiger partial charge in [0.05, 0.1) is 13.7 Å². The van der Waals surface area contributed by atoms with Crippen LogP contribution in [0.1, 0.15) is 25.3 Å². The van der Waals surface area contributed by atoms with Crippen LogP contribution in [0.25, 0.3) is 6.08 Å². The predicted octanol–water partition coefficient (Wildman–Crippen LogP) is 2.87. The first-order valence-electron chi connectivity index (χ1n) is 6.28. The summed E-state index contributed by atoms with van der Waals surface area (Å²) in [4.78, 5) is 10.9. The summed E-state index contributed by atoms with van der Waals surface area (Å²) in [7, 11) is 1.54. The number of carboxylic acid groups (broad SMARTS) is 1. The van der Waals surface area contributed by atoms with Crippen molar-refractivity contribution < 1.29 is 19.4 Å². The summed E-state index contributed by atoms with van der Waals surface area (Å²) in [5, 5.41) is 17.7. The Balaban J connectivity index is 3.11. The van der Waals surface area contributed by atoms with E-state index in [-0.39, 0.29) is 5.57 Å². The lowest BCUT2D eigenvalue weighted by molar-refractivity contribution is -0.132. The summed E-state index contributed by atoms with van der Waals surface area (Å²) < 4.78 is 10.7. The van der Waals surface area contributed by atoms with Gasteiger partial charge in [-0.05, 0) is 24.6 Å². The minimum atomic E-state index is -1.26. The fraction of sp³-hybridized carbons (Fsp3) is 0.333. The fourth-order valence-electron chi connectivity index (χ4n) is 1.51. The Bertz CT molecular complexity index is 543. The number of unbranched alkanes of at least 4 members (excludes halogenated alkanes) is 1. The van der Waals surface area contributed by atoms with Crippen LogP contribution in [-0.2, 0) is 4.79 Å². The second kappa shape index (κ2) is 7.85. The van der Waals surface area contributed by atoms with Gasteiger partial charge < -0.3 is 14.6 Å². The van der Waals surface area contributed by atoms with Gasteiger partial charge in [0, 0.05) is 11.6 Å². The number of nitrogens with zero attached hydrogens (tertiary/aromatic N) is 1. The van der Waals surface area contributed by atoms with Crippen molar-refractivity contribution >= 4 is 12.0 Å². The van der Waals surface area contributed by atoms with Crippen LogP contribution < -0.4 is 9.47 Å². The van der Waals surface area contributed by atoms with E-state index in [0.717, 1.165) is 12.8 Å². The fourth-order valence-corrected chi connectivity index (χ4v) is 1.51. The molecule has 5 nitrogen and oxygen atoms in total. The zero-order chi connectivity index (χ0) is 15.0. The molecule has 20 heavy (non-hydrogen) atoms. The van der Waals surface area contributed by atoms with Gasteiger partial charge in [-0.15, -0.1) is 0 Å². The van der Waals surface area contributed by atoms with Crippen LogP contribution in [0.5, 0.6) is 11.5 Å². The predicted molar refractivity (Wildman–Crippen MR) is 74.6 cm³/mol. The highest BCUT2D eigenvalue weighted by Crippen LogP contribution is 2.27. The average Bonchev–Trinajstić information content (AvgIpc) is 2.45. The van der Waals surface area contributed by atoms with Crippen molar-refractivity contribution in [3.8, 4) is 17.6 Å². The van der Waals surface area contributed by atoms with Gasteiger partial charge >= 0.3 is 5.97 Å². The maximum atomic E-state index is 10.9. The first-order valence-corrected chi connectivity index (χ1v) is 6.28. The van der Waals surface area contributed by atoms with E-state index in [4.69, 9.17) is 19.8 Å². The van der Waals surface area contributed by atoms with Gasteiger partial charge in [0.25, 0.3) is 0 Å². The molecule has 5 heteroatoms. The zero-order valence-electron chi connectivity index (χ0n) is 11.5. The molecule has 0 saturated carbocycles. The summed E-state index contributed by atoms with van der Waals surface area (Å²) in [6, 6.07) is 6.68. The van der Waals surface area contributed by atoms with E-state index in [2.05, 4.69) is 0 Å². The van der Waals surface area contributed by atoms with Crippen LogP contribution in [0.15, 0.2) is 23.8 Å². The van der Waals surface area contributed by atoms with Crippen LogP contribution in [-0.4, -0.2) is 24.8 Å². The number of carbonyl (C=O) groups is 1. The monoisotopic (exact) mass is 275 g/mol. The molecule has 0 aliphatic rings. The largest absolute Gasteiger partial charge is 0.497 e. The van der Waals surface area contributed by atoms with Crippen molar-refractivity contribution in [2.75, 3.05) is 13.7 Å². The van der Waals surface area contributed by atoms with E-state index in [1.54, 1.807) is 31.4 Å². The molecule has 0 atom stereocenters. The van der Waals surface area contributed by atoms with Crippen molar-refractivity contribution in [2.24, 2.45) is 0 Å². The van der Waals surface area contributed by atoms with E-state index in [1.165, 1.54) is 6.08 Å². The number of aliphatic carboxylic acids is 1. The van der Waals surface area contributed by atoms with Crippen molar-refractivity contribution in [1.82, 2.24) is 0 Å². The normalized spacial score (nSPS) is 10.8. The number of ether oxygens (including phenoxy) is 2. The SMILES string of the molecule is CCCCOc1cc(OC)ccc1C=C(C#N)C(=O)O. The summed E-state index contributed by atoms with van der Waals surface area (Å²) in [6.07, 6.45) is 3.18. The highest BCUT2D eigenvalue weighted by Gasteiger charge is 2.10. The van der Waals surface area contributed by atoms with Gasteiger partial charge in [-0.3, -0.25) is 0 Å². The number of hydrogen-bond acceptors (Lipinski definition) is 4. The molecule has 0 heterocycles. The number of rotatable bonds is 7. The van der Waals surface area contributed by atoms with Gasteiger partial charge in [0.2, 0.25) is 0 Å². The summed E-state index contributed by atoms with van der Waals surface area (Å²) >= 11 is 0. The lowest BCUT2D eigenvalue weighted by atomic mass is 10.1. The first-order chi connectivity index (χ1) is 9.62. The molecule has 0 radical (unpaired) electrons. The molecule has 0 spiro atoms. The van der Waals surface area contributed by atoms with Crippen molar-refractivity contribution in [1.29, 1.82) is 5.26 Å². The van der Waals surface area contributed by atoms with Crippen molar-refractivity contribution in [3.05, 3.63) is 29.3 Å². The minimum Gasteiger partial charge on any atom is -0.497 e. The van der Waals surface area contributed by atoms with Gasteiger partial charge in [0.15, 0.2) is 0 Å². The van der Waals surface area contributed by atoms with Crippen LogP contribution in [0.2, 0.25) is 0 Å². The molecule has 0 bridgehead atoms. The molecule has 0 aliphatic carbocycles. The Labute approximate surface area is 118 Å². The number of hydrogen-bond donors (Lipinski definition) is 1. The Morgan fingerprint density at radius 1 is 1.50 bits per heavy atom. The lowest BCUT2D eigenvalue weighted by Gasteiger charge is -2.10. The molecule has 1 aromatic carbocycles. The molecule has 0 saturated heterocycles. The molecule has 0 amide bonds. The maximum Gasteiger partial charge on any atom is 0.346 e. The minimum absolute atomic E-state index is 0.337. The van der Waals surface area contributed by atoms with Gasteiger partial charge in [-0.25, -0.2) is 4.79 Å². The van der Waals surface area contributed by atoms with Crippen LogP contribution in [0, 0.1) is 11.3 Å². The first kappa shape index (κ1) is 15.6. The summed E-state index contributed by atoms with van der Waals surface area (Å²) in [5.74, 6) is -0.142. The molecular weight excluding hydrogens is 258 g/mol. The smallest absolute Gasteiger partial charge is 0.346 e. The third-order valence-electron chi connectivity index (χ3n) is 2.63. The molecule has 0 unspecified atom stereocenters. The lowest BCUT2D eigenvalue weighted by Crippen LogP contribution is -2.01. The number of carboxylic acids is 1. The van der Waals surface area contributed by atoms with E-state index in [0.29, 0.717) is 23.7 Å². The summed E-state index contributed by atoms with van der Waals surface area (Å²) in [5.41, 5.74) is 0.205. The Hall–Kier alpha value is -2.48. The van der Waals surface area contributed by atoms with Gasteiger partial charge in [-0.1, -0.05) is 13.3 Å². The third kappa shape index (κ3) is 4.32. The molecule has 0 aliphatic heterocycles. The molecule has 106 valence electrons. The zero-order valence-corrected chi connectivity index (χ0v) is 11.5. The van der Waals surface area contributed by atoms with E-state index in [9.17, 15) is 4.79 Å². The van der Waals surface area contributed by atoms with Crippen LogP contribution in [0.3, 0.4) is 0 Å². The number of benzene rings is 1. The second-order valence-corrected chi connectivity index (χ2v) is 4.08. The molecule has 0 aromatic heterocycles. The topological polar surface area (TPSA) is 79.5 Å². The third-order valence-corrected chi connectivity index (χ3v) is 2.63. The number of methoxy groups -OCH3 is 1. The maximum absolute atomic E-state index is 10.9. The van der Waals surface area contributed by atoms with Crippen LogP contribution >= 0.6 is 0 Å². The highest BCUT2D eigenvalue weighted by molar-refractivity contribution is 5.96. The van der Waals surface area contributed by atoms with E-state index >= 15 is 0 Å². The molecule has 1 N–H and O–H groups in total. The Morgan fingerprint density at radius 2 is 2.25 bits per heavy atom. The van der Waals surface area contributed by atoms with Crippen molar-refractivity contribution in [3.63, 3.8) is 0 Å². The number of nitriles is 1.